The fourth-order valence-corrected chi connectivity index (χ4v) is 3.69. The maximum Gasteiger partial charge on any atom is 0.328 e. The molecule has 1 saturated heterocycles. The molecule has 1 aliphatic heterocycles. The van der Waals surface area contributed by atoms with Crippen molar-refractivity contribution in [3.05, 3.63) is 66.7 Å². The lowest BCUT2D eigenvalue weighted by atomic mass is 10.1. The zero-order chi connectivity index (χ0) is 19.7. The molecule has 9 heteroatoms. The molecule has 3 rings (SSSR count). The second kappa shape index (κ2) is 8.10. The quantitative estimate of drug-likeness (QED) is 0.454. The third-order valence-corrected chi connectivity index (χ3v) is 5.39. The van der Waals surface area contributed by atoms with E-state index in [2.05, 4.69) is 21.2 Å². The van der Waals surface area contributed by atoms with Gasteiger partial charge in [0.1, 0.15) is 12.3 Å². The molecular formula is C18H12BrCl3N2O3. The van der Waals surface area contributed by atoms with Crippen LogP contribution < -0.4 is 10.1 Å². The van der Waals surface area contributed by atoms with E-state index in [1.54, 1.807) is 36.4 Å². The number of hydrogen-bond donors (Lipinski definition) is 1. The number of carbonyl (C=O) groups is 2. The first-order valence-corrected chi connectivity index (χ1v) is 9.55. The van der Waals surface area contributed by atoms with Crippen molar-refractivity contribution < 1.29 is 14.3 Å². The number of nitrogens with one attached hydrogen (secondary N) is 1. The monoisotopic (exact) mass is 488 g/mol. The van der Waals surface area contributed by atoms with E-state index in [1.807, 2.05) is 0 Å². The van der Waals surface area contributed by atoms with Gasteiger partial charge in [0.15, 0.2) is 5.75 Å². The maximum absolute atomic E-state index is 12.0. The number of nitrogens with zero attached hydrogens (tertiary/aromatic N) is 1. The Balaban J connectivity index is 1.80. The van der Waals surface area contributed by atoms with E-state index in [9.17, 15) is 9.59 Å². The molecule has 0 aliphatic carbocycles. The summed E-state index contributed by atoms with van der Waals surface area (Å²) in [5.41, 5.74) is 1.64. The highest BCUT2D eigenvalue weighted by molar-refractivity contribution is 9.10. The number of amides is 3. The summed E-state index contributed by atoms with van der Waals surface area (Å²) in [5, 5.41) is 3.76. The van der Waals surface area contributed by atoms with Crippen LogP contribution in [0.4, 0.5) is 4.79 Å². The summed E-state index contributed by atoms with van der Waals surface area (Å²) >= 11 is 21.6. The second-order valence-electron chi connectivity index (χ2n) is 5.70. The van der Waals surface area contributed by atoms with Crippen LogP contribution in [-0.2, 0) is 11.4 Å². The van der Waals surface area contributed by atoms with Gasteiger partial charge in [-0.1, -0.05) is 40.9 Å². The van der Waals surface area contributed by atoms with Crippen molar-refractivity contribution in [1.29, 1.82) is 0 Å². The number of urea groups is 1. The minimum atomic E-state index is -0.474. The Morgan fingerprint density at radius 2 is 1.85 bits per heavy atom. The Morgan fingerprint density at radius 3 is 2.44 bits per heavy atom. The number of carbonyl (C=O) groups excluding carboxylic acids is 2. The van der Waals surface area contributed by atoms with Crippen LogP contribution in [0.5, 0.6) is 5.75 Å². The predicted octanol–water partition coefficient (Wildman–Crippen LogP) is 5.51. The van der Waals surface area contributed by atoms with E-state index in [0.717, 1.165) is 10.5 Å². The normalized spacial score (nSPS) is 15.4. The number of ether oxygens (including phenoxy) is 1. The summed E-state index contributed by atoms with van der Waals surface area (Å²) < 4.78 is 6.39. The smallest absolute Gasteiger partial charge is 0.328 e. The molecular weight excluding hydrogens is 478 g/mol. The molecule has 1 heterocycles. The minimum absolute atomic E-state index is 0.176. The van der Waals surface area contributed by atoms with Crippen molar-refractivity contribution in [2.24, 2.45) is 0 Å². The van der Waals surface area contributed by atoms with Gasteiger partial charge in [0.2, 0.25) is 0 Å². The van der Waals surface area contributed by atoms with Gasteiger partial charge in [-0.2, -0.15) is 0 Å². The number of benzene rings is 2. The third-order valence-electron chi connectivity index (χ3n) is 3.78. The van der Waals surface area contributed by atoms with Gasteiger partial charge in [0.25, 0.3) is 5.91 Å². The van der Waals surface area contributed by atoms with E-state index in [-0.39, 0.29) is 12.3 Å². The lowest BCUT2D eigenvalue weighted by molar-refractivity contribution is -0.121. The Labute approximate surface area is 179 Å². The van der Waals surface area contributed by atoms with Gasteiger partial charge in [0, 0.05) is 7.05 Å². The average molecular weight is 491 g/mol. The van der Waals surface area contributed by atoms with E-state index >= 15 is 0 Å². The van der Waals surface area contributed by atoms with Crippen molar-refractivity contribution in [3.63, 3.8) is 0 Å². The van der Waals surface area contributed by atoms with Crippen molar-refractivity contribution in [1.82, 2.24) is 10.2 Å². The molecule has 27 heavy (non-hydrogen) atoms. The first kappa shape index (κ1) is 20.0. The summed E-state index contributed by atoms with van der Waals surface area (Å²) in [6, 6.07) is 8.12. The fraction of sp³-hybridized carbons (Fsp3) is 0.111. The van der Waals surface area contributed by atoms with Crippen LogP contribution in [0.2, 0.25) is 15.1 Å². The van der Waals surface area contributed by atoms with Crippen molar-refractivity contribution in [3.8, 4) is 5.75 Å². The van der Waals surface area contributed by atoms with Gasteiger partial charge in [-0.3, -0.25) is 9.69 Å². The highest BCUT2D eigenvalue weighted by atomic mass is 79.9. The molecule has 0 aromatic heterocycles. The summed E-state index contributed by atoms with van der Waals surface area (Å²) in [6.07, 6.45) is 1.54. The summed E-state index contributed by atoms with van der Waals surface area (Å²) in [5.74, 6) is 0.0379. The first-order valence-electron chi connectivity index (χ1n) is 7.63. The van der Waals surface area contributed by atoms with E-state index in [0.29, 0.717) is 30.9 Å². The van der Waals surface area contributed by atoms with Crippen LogP contribution >= 0.6 is 50.7 Å². The van der Waals surface area contributed by atoms with Gasteiger partial charge >= 0.3 is 6.03 Å². The molecule has 140 valence electrons. The lowest BCUT2D eigenvalue weighted by Crippen LogP contribution is -2.25. The molecule has 1 aliphatic rings. The Hall–Kier alpha value is -1.73. The van der Waals surface area contributed by atoms with Crippen LogP contribution in [0.25, 0.3) is 6.08 Å². The van der Waals surface area contributed by atoms with Crippen molar-refractivity contribution in [2.75, 3.05) is 7.05 Å². The summed E-state index contributed by atoms with van der Waals surface area (Å²) in [6.45, 7) is 0.245. The van der Waals surface area contributed by atoms with E-state index < -0.39 is 11.9 Å². The standard InChI is InChI=1S/C18H12BrCl3N2O3/c1-24-17(25)15(23-18(24)26)7-10-4-11(19)16(14(22)6-10)27-8-9-2-3-12(20)13(21)5-9/h2-7H,8H2,1H3,(H,23,26)/b15-7+. The summed E-state index contributed by atoms with van der Waals surface area (Å²) in [4.78, 5) is 24.5. The highest BCUT2D eigenvalue weighted by Crippen LogP contribution is 2.36. The maximum atomic E-state index is 12.0. The van der Waals surface area contributed by atoms with Gasteiger partial charge in [-0.15, -0.1) is 0 Å². The Bertz CT molecular complexity index is 955. The van der Waals surface area contributed by atoms with Crippen LogP contribution in [0, 0.1) is 0 Å². The molecule has 2 aromatic rings. The van der Waals surface area contributed by atoms with E-state index in [1.165, 1.54) is 7.05 Å². The number of hydrogen-bond acceptors (Lipinski definition) is 3. The third kappa shape index (κ3) is 4.41. The minimum Gasteiger partial charge on any atom is -0.486 e. The van der Waals surface area contributed by atoms with Gasteiger partial charge in [-0.05, 0) is 57.4 Å². The predicted molar refractivity (Wildman–Crippen MR) is 109 cm³/mol. The molecule has 1 N–H and O–H groups in total. The molecule has 0 spiro atoms. The number of rotatable bonds is 4. The number of halogens is 4. The molecule has 0 radical (unpaired) electrons. The van der Waals surface area contributed by atoms with Gasteiger partial charge in [-0.25, -0.2) is 4.79 Å². The molecule has 2 aromatic carbocycles. The van der Waals surface area contributed by atoms with Crippen LogP contribution in [0.15, 0.2) is 40.5 Å². The zero-order valence-corrected chi connectivity index (χ0v) is 17.7. The van der Waals surface area contributed by atoms with Crippen molar-refractivity contribution >= 4 is 68.7 Å². The largest absolute Gasteiger partial charge is 0.486 e. The van der Waals surface area contributed by atoms with Gasteiger partial charge < -0.3 is 10.1 Å². The molecule has 0 unspecified atom stereocenters. The fourth-order valence-electron chi connectivity index (χ4n) is 2.38. The Kier molecular flexibility index (Phi) is 6.01. The topological polar surface area (TPSA) is 58.6 Å². The SMILES string of the molecule is CN1C(=O)N/C(=C/c2cc(Cl)c(OCc3ccc(Cl)c(Cl)c3)c(Br)c2)C1=O. The van der Waals surface area contributed by atoms with Crippen LogP contribution in [0.3, 0.4) is 0 Å². The average Bonchev–Trinajstić information content (AvgIpc) is 2.84. The molecule has 1 fully saturated rings. The molecule has 0 saturated carbocycles. The molecule has 5 nitrogen and oxygen atoms in total. The summed E-state index contributed by atoms with van der Waals surface area (Å²) in [7, 11) is 1.40. The zero-order valence-electron chi connectivity index (χ0n) is 13.9. The van der Waals surface area contributed by atoms with Crippen molar-refractivity contribution in [2.45, 2.75) is 6.61 Å². The molecule has 0 atom stereocenters. The van der Waals surface area contributed by atoms with Crippen LogP contribution in [0.1, 0.15) is 11.1 Å². The highest BCUT2D eigenvalue weighted by Gasteiger charge is 2.30. The van der Waals surface area contributed by atoms with E-state index in [4.69, 9.17) is 39.5 Å². The second-order valence-corrected chi connectivity index (χ2v) is 7.78. The molecule has 0 bridgehead atoms. The number of likely N-dealkylation sites (N-methyl/N-ethyl adjacent to an activating group) is 1. The molecule has 3 amide bonds. The Morgan fingerprint density at radius 1 is 1.11 bits per heavy atom. The van der Waals surface area contributed by atoms with Gasteiger partial charge in [0.05, 0.1) is 19.5 Å². The lowest BCUT2D eigenvalue weighted by Gasteiger charge is -2.12. The van der Waals surface area contributed by atoms with Crippen LogP contribution in [-0.4, -0.2) is 23.9 Å². The first-order chi connectivity index (χ1) is 12.8. The number of imide groups is 1.